The number of imidazole rings is 1. The number of hydrogen-bond donors (Lipinski definition) is 2. The molecular weight excluding hydrogens is 956 g/mol. The van der Waals surface area contributed by atoms with E-state index in [-0.39, 0.29) is 60.8 Å². The van der Waals surface area contributed by atoms with Crippen LogP contribution in [-0.4, -0.2) is 108 Å². The Bertz CT molecular complexity index is 3230. The van der Waals surface area contributed by atoms with Crippen LogP contribution < -0.4 is 19.9 Å². The fourth-order valence-corrected chi connectivity index (χ4v) is 11.9. The number of tetrazole rings is 1. The van der Waals surface area contributed by atoms with Crippen molar-refractivity contribution in [3.05, 3.63) is 119 Å². The molecule has 70 heavy (non-hydrogen) atoms. The molecule has 0 atom stereocenters. The largest absolute Gasteiger partial charge is 0.497 e. The first-order valence-corrected chi connectivity index (χ1v) is 24.5. The highest BCUT2D eigenvalue weighted by atomic mass is 32.2. The van der Waals surface area contributed by atoms with E-state index < -0.39 is 69.7 Å². The van der Waals surface area contributed by atoms with Gasteiger partial charge in [-0.3, -0.25) is 0 Å². The summed E-state index contributed by atoms with van der Waals surface area (Å²) in [7, 11) is -5.52. The molecule has 2 aromatic heterocycles. The van der Waals surface area contributed by atoms with E-state index in [1.54, 1.807) is 93.6 Å². The quantitative estimate of drug-likeness (QED) is 0.102. The van der Waals surface area contributed by atoms with Gasteiger partial charge in [0.1, 0.15) is 33.0 Å². The fraction of sp³-hybridized carbons (Fsp3) is 0.298. The van der Waals surface area contributed by atoms with Crippen LogP contribution in [0.2, 0.25) is 0 Å². The van der Waals surface area contributed by atoms with E-state index in [9.17, 15) is 18.0 Å². The van der Waals surface area contributed by atoms with Gasteiger partial charge < -0.3 is 34.6 Å². The Balaban J connectivity index is 1.41. The van der Waals surface area contributed by atoms with Crippen LogP contribution in [0.3, 0.4) is 0 Å². The molecule has 1 aliphatic heterocycles. The number of methoxy groups -OCH3 is 3. The number of amides is 1. The van der Waals surface area contributed by atoms with Gasteiger partial charge in [-0.05, 0) is 103 Å². The second kappa shape index (κ2) is 18.9. The number of H-pyrrole nitrogens is 1. The number of benzene rings is 5. The molecule has 0 radical (unpaired) electrons. The number of aromatic amines is 1. The third-order valence-corrected chi connectivity index (χ3v) is 15.5. The minimum Gasteiger partial charge on any atom is -0.497 e. The van der Waals surface area contributed by atoms with Gasteiger partial charge in [0.2, 0.25) is 15.8 Å². The first kappa shape index (κ1) is 49.2. The van der Waals surface area contributed by atoms with E-state index in [1.807, 2.05) is 0 Å². The van der Waals surface area contributed by atoms with Gasteiger partial charge in [0.05, 0.1) is 54.9 Å². The van der Waals surface area contributed by atoms with Crippen molar-refractivity contribution >= 4 is 42.9 Å². The van der Waals surface area contributed by atoms with E-state index in [0.29, 0.717) is 33.9 Å². The second-order valence-corrected chi connectivity index (χ2v) is 21.4. The summed E-state index contributed by atoms with van der Waals surface area (Å²) in [5.74, 6) is 0.818. The Labute approximate surface area is 401 Å². The van der Waals surface area contributed by atoms with Gasteiger partial charge in [-0.25, -0.2) is 26.6 Å². The predicted octanol–water partition coefficient (Wildman–Crippen LogP) is 7.34. The Morgan fingerprint density at radius 3 is 1.84 bits per heavy atom. The van der Waals surface area contributed by atoms with Crippen LogP contribution in [0.4, 0.5) is 23.9 Å². The molecule has 0 aliphatic carbocycles. The smallest absolute Gasteiger partial charge is 0.416 e. The zero-order valence-corrected chi connectivity index (χ0v) is 40.3. The van der Waals surface area contributed by atoms with Gasteiger partial charge >= 0.3 is 12.3 Å². The van der Waals surface area contributed by atoms with Gasteiger partial charge in [-0.15, -0.1) is 10.2 Å². The van der Waals surface area contributed by atoms with Crippen molar-refractivity contribution in [3.63, 3.8) is 0 Å². The number of sulfonamides is 1. The number of likely N-dealkylation sites (tertiary alicyclic amines) is 1. The molecule has 1 aliphatic rings. The molecule has 1 amide bonds. The number of halogens is 3. The molecule has 8 rings (SSSR count). The summed E-state index contributed by atoms with van der Waals surface area (Å²) in [5.41, 5.74) is 4.28. The van der Waals surface area contributed by atoms with Gasteiger partial charge in [-0.2, -0.15) is 22.3 Å². The average Bonchev–Trinajstić information content (AvgIpc) is 3.92. The molecule has 5 aromatic carbocycles. The van der Waals surface area contributed by atoms with Crippen LogP contribution in [0, 0.1) is 0 Å². The lowest BCUT2D eigenvalue weighted by Crippen LogP contribution is -2.57. The number of nitrogen functional groups attached to an aromatic ring is 1. The standard InChI is InChI=1S/C47H48F3N9O9S2/c1-46(2,3)68-45(60)57-26-35(27-57)69(61,62)39-20-19-36(37-21-31(47(48,49)50)22-38-41(37)53-44(51)52-38)40(43-54-56-59(55-43)25-30-11-17-34(67-6)18-12-30)42(39)70(63,64)58(23-28-7-13-32(65-4)14-8-28)24-29-9-15-33(66-5)16-10-29/h7-22,35H,23-27H2,1-6H3,(H3,51,52,53). The molecule has 1 saturated heterocycles. The van der Waals surface area contributed by atoms with Crippen molar-refractivity contribution in [1.82, 2.24) is 39.4 Å². The summed E-state index contributed by atoms with van der Waals surface area (Å²) in [4.78, 5) is 20.7. The number of carbonyl (C=O) groups is 1. The highest BCUT2D eigenvalue weighted by Gasteiger charge is 2.46. The summed E-state index contributed by atoms with van der Waals surface area (Å²) in [5, 5.41) is 11.7. The van der Waals surface area contributed by atoms with Crippen LogP contribution >= 0.6 is 0 Å². The van der Waals surface area contributed by atoms with Gasteiger partial charge in [0.25, 0.3) is 0 Å². The lowest BCUT2D eigenvalue weighted by atomic mass is 9.96. The number of fused-ring (bicyclic) bond motifs is 1. The van der Waals surface area contributed by atoms with Crippen LogP contribution in [0.25, 0.3) is 33.5 Å². The third kappa shape index (κ3) is 10.2. The summed E-state index contributed by atoms with van der Waals surface area (Å²) >= 11 is 0. The maximum atomic E-state index is 16.2. The molecule has 0 bridgehead atoms. The minimum absolute atomic E-state index is 0.0280. The normalized spacial score (nSPS) is 13.7. The van der Waals surface area contributed by atoms with E-state index >= 15 is 16.8 Å². The Morgan fingerprint density at radius 1 is 0.786 bits per heavy atom. The van der Waals surface area contributed by atoms with Crippen molar-refractivity contribution in [3.8, 4) is 39.8 Å². The number of hydrogen-bond acceptors (Lipinski definition) is 14. The van der Waals surface area contributed by atoms with Crippen molar-refractivity contribution in [2.45, 2.75) is 67.2 Å². The Kier molecular flexibility index (Phi) is 13.3. The number of nitrogens with two attached hydrogens (primary N) is 1. The zero-order valence-electron chi connectivity index (χ0n) is 38.7. The molecule has 0 unspecified atom stereocenters. The van der Waals surface area contributed by atoms with E-state index in [4.69, 9.17) is 24.7 Å². The molecule has 1 fully saturated rings. The van der Waals surface area contributed by atoms with Crippen molar-refractivity contribution in [2.75, 3.05) is 40.2 Å². The number of nitrogens with one attached hydrogen (secondary N) is 1. The third-order valence-electron chi connectivity index (χ3n) is 11.4. The summed E-state index contributed by atoms with van der Waals surface area (Å²) in [6.45, 7) is 3.49. The van der Waals surface area contributed by atoms with Gasteiger partial charge in [-0.1, -0.05) is 42.5 Å². The maximum Gasteiger partial charge on any atom is 0.416 e. The van der Waals surface area contributed by atoms with E-state index in [1.165, 1.54) is 32.3 Å². The molecule has 368 valence electrons. The first-order valence-electron chi connectivity index (χ1n) is 21.5. The number of sulfone groups is 1. The average molecular weight is 1000 g/mol. The molecule has 0 spiro atoms. The SMILES string of the molecule is COc1ccc(CN(Cc2ccc(OC)cc2)S(=O)(=O)c2c(S(=O)(=O)C3CN(C(=O)OC(C)(C)C)C3)ccc(-c3cc(C(F)(F)F)cc4[nH]c(N)nc34)c2-c2nnn(Cc3ccc(OC)cc3)n2)cc1. The first-order chi connectivity index (χ1) is 33.1. The van der Waals surface area contributed by atoms with E-state index in [2.05, 4.69) is 25.4 Å². The molecule has 3 heterocycles. The Morgan fingerprint density at radius 2 is 1.33 bits per heavy atom. The molecule has 0 saturated carbocycles. The molecule has 18 nitrogen and oxygen atoms in total. The highest BCUT2D eigenvalue weighted by Crippen LogP contribution is 2.46. The van der Waals surface area contributed by atoms with Gasteiger partial charge in [0.15, 0.2) is 15.8 Å². The maximum absolute atomic E-state index is 16.2. The number of carbonyl (C=O) groups excluding carboxylic acids is 1. The van der Waals surface area contributed by atoms with Crippen LogP contribution in [-0.2, 0) is 50.4 Å². The topological polar surface area (TPSA) is 227 Å². The van der Waals surface area contributed by atoms with Crippen molar-refractivity contribution in [1.29, 1.82) is 0 Å². The monoisotopic (exact) mass is 1000 g/mol. The number of ether oxygens (including phenoxy) is 4. The molecular formula is C47H48F3N9O9S2. The van der Waals surface area contributed by atoms with Gasteiger partial charge in [0, 0.05) is 31.7 Å². The van der Waals surface area contributed by atoms with Crippen molar-refractivity contribution in [2.24, 2.45) is 0 Å². The number of alkyl halides is 3. The summed E-state index contributed by atoms with van der Waals surface area (Å²) < 4.78 is 130. The lowest BCUT2D eigenvalue weighted by Gasteiger charge is -2.39. The van der Waals surface area contributed by atoms with Crippen LogP contribution in [0.15, 0.2) is 107 Å². The summed E-state index contributed by atoms with van der Waals surface area (Å²) in [6.07, 6.45) is -5.71. The van der Waals surface area contributed by atoms with E-state index in [0.717, 1.165) is 27.3 Å². The molecule has 3 N–H and O–H groups in total. The fourth-order valence-electron chi connectivity index (χ4n) is 7.81. The lowest BCUT2D eigenvalue weighted by molar-refractivity contribution is -0.137. The van der Waals surface area contributed by atoms with Crippen LogP contribution in [0.1, 0.15) is 43.0 Å². The second-order valence-electron chi connectivity index (χ2n) is 17.4. The number of aromatic nitrogens is 6. The van der Waals surface area contributed by atoms with Crippen molar-refractivity contribution < 1.29 is 53.7 Å². The Hall–Kier alpha value is -7.24. The molecule has 23 heteroatoms. The number of rotatable bonds is 15. The van der Waals surface area contributed by atoms with Crippen LogP contribution in [0.5, 0.6) is 17.2 Å². The number of anilines is 1. The predicted molar refractivity (Wildman–Crippen MR) is 251 cm³/mol. The highest BCUT2D eigenvalue weighted by molar-refractivity contribution is 7.94. The summed E-state index contributed by atoms with van der Waals surface area (Å²) in [6, 6.07) is 23.7. The number of nitrogens with zero attached hydrogens (tertiary/aromatic N) is 7. The zero-order chi connectivity index (χ0) is 50.3. The molecule has 7 aromatic rings. The minimum atomic E-state index is -5.19.